The first-order valence-electron chi connectivity index (χ1n) is 10.9. The maximum Gasteiger partial charge on any atom is 0.233 e. The minimum atomic E-state index is -0.224. The van der Waals surface area contributed by atoms with E-state index in [9.17, 15) is 4.79 Å². The Hall–Kier alpha value is -2.02. The average molecular weight is 431 g/mol. The van der Waals surface area contributed by atoms with Crippen LogP contribution in [-0.2, 0) is 11.3 Å². The molecule has 0 saturated heterocycles. The van der Waals surface area contributed by atoms with E-state index in [0.29, 0.717) is 11.8 Å². The third-order valence-electron chi connectivity index (χ3n) is 5.70. The summed E-state index contributed by atoms with van der Waals surface area (Å²) in [6, 6.07) is 8.14. The van der Waals surface area contributed by atoms with Gasteiger partial charge in [-0.2, -0.15) is 0 Å². The van der Waals surface area contributed by atoms with Crippen molar-refractivity contribution in [3.8, 4) is 17.1 Å². The second-order valence-electron chi connectivity index (χ2n) is 8.68. The van der Waals surface area contributed by atoms with Crippen molar-refractivity contribution >= 4 is 17.7 Å². The fourth-order valence-corrected chi connectivity index (χ4v) is 4.77. The Kier molecular flexibility index (Phi) is 7.81. The largest absolute Gasteiger partial charge is 0.497 e. The van der Waals surface area contributed by atoms with Crippen molar-refractivity contribution in [2.75, 3.05) is 7.11 Å². The zero-order chi connectivity index (χ0) is 21.7. The summed E-state index contributed by atoms with van der Waals surface area (Å²) in [7, 11) is 1.66. The van der Waals surface area contributed by atoms with Crippen molar-refractivity contribution in [1.82, 2.24) is 20.1 Å². The maximum absolute atomic E-state index is 12.8. The van der Waals surface area contributed by atoms with E-state index < -0.39 is 0 Å². The molecule has 0 unspecified atom stereocenters. The lowest BCUT2D eigenvalue weighted by molar-refractivity contribution is -0.121. The molecule has 1 aromatic heterocycles. The van der Waals surface area contributed by atoms with E-state index in [0.717, 1.165) is 35.3 Å². The second kappa shape index (κ2) is 10.3. The lowest BCUT2D eigenvalue weighted by Crippen LogP contribution is -2.44. The Morgan fingerprint density at radius 2 is 1.90 bits per heavy atom. The first-order valence-corrected chi connectivity index (χ1v) is 11.8. The molecular formula is C23H34N4O2S. The summed E-state index contributed by atoms with van der Waals surface area (Å²) in [5.41, 5.74) is 0.990. The molecule has 1 heterocycles. The summed E-state index contributed by atoms with van der Waals surface area (Å²) >= 11 is 1.49. The molecule has 0 bridgehead atoms. The smallest absolute Gasteiger partial charge is 0.233 e. The highest BCUT2D eigenvalue weighted by Crippen LogP contribution is 2.30. The van der Waals surface area contributed by atoms with E-state index in [2.05, 4.69) is 40.9 Å². The van der Waals surface area contributed by atoms with Crippen LogP contribution in [-0.4, -0.2) is 39.1 Å². The molecular weight excluding hydrogens is 396 g/mol. The number of rotatable bonds is 8. The van der Waals surface area contributed by atoms with Gasteiger partial charge in [0, 0.05) is 18.2 Å². The van der Waals surface area contributed by atoms with Crippen LogP contribution in [0.25, 0.3) is 11.4 Å². The normalized spacial score (nSPS) is 20.2. The van der Waals surface area contributed by atoms with Crippen molar-refractivity contribution in [1.29, 1.82) is 0 Å². The number of hydrogen-bond acceptors (Lipinski definition) is 5. The van der Waals surface area contributed by atoms with Crippen LogP contribution in [0.2, 0.25) is 0 Å². The molecule has 1 aliphatic carbocycles. The molecule has 1 fully saturated rings. The monoisotopic (exact) mass is 430 g/mol. The number of methoxy groups -OCH3 is 1. The number of hydrogen-bond donors (Lipinski definition) is 1. The minimum absolute atomic E-state index is 0.0869. The van der Waals surface area contributed by atoms with E-state index in [1.807, 2.05) is 31.2 Å². The number of ether oxygens (including phenoxy) is 1. The summed E-state index contributed by atoms with van der Waals surface area (Å²) in [4.78, 5) is 12.8. The average Bonchev–Trinajstić information content (AvgIpc) is 3.11. The van der Waals surface area contributed by atoms with E-state index in [4.69, 9.17) is 4.74 Å². The number of aromatic nitrogens is 3. The van der Waals surface area contributed by atoms with Gasteiger partial charge in [0.05, 0.1) is 12.4 Å². The van der Waals surface area contributed by atoms with Crippen LogP contribution in [0.5, 0.6) is 5.75 Å². The first kappa shape index (κ1) is 22.7. The Labute approximate surface area is 184 Å². The van der Waals surface area contributed by atoms with Crippen molar-refractivity contribution in [2.45, 2.75) is 76.4 Å². The lowest BCUT2D eigenvalue weighted by atomic mass is 9.86. The zero-order valence-electron chi connectivity index (χ0n) is 18.7. The molecule has 1 N–H and O–H groups in total. The maximum atomic E-state index is 12.8. The van der Waals surface area contributed by atoms with Gasteiger partial charge in [-0.3, -0.25) is 4.79 Å². The molecule has 7 heteroatoms. The van der Waals surface area contributed by atoms with Gasteiger partial charge in [-0.15, -0.1) is 10.2 Å². The zero-order valence-corrected chi connectivity index (χ0v) is 19.5. The van der Waals surface area contributed by atoms with E-state index in [-0.39, 0.29) is 17.2 Å². The fraction of sp³-hybridized carbons (Fsp3) is 0.609. The van der Waals surface area contributed by atoms with Gasteiger partial charge >= 0.3 is 0 Å². The molecule has 30 heavy (non-hydrogen) atoms. The number of nitrogens with zero attached hydrogens (tertiary/aromatic N) is 3. The molecule has 164 valence electrons. The number of nitrogens with one attached hydrogen (secondary N) is 1. The van der Waals surface area contributed by atoms with Crippen LogP contribution in [0.3, 0.4) is 0 Å². The van der Waals surface area contributed by atoms with Crippen LogP contribution in [0.1, 0.15) is 53.4 Å². The summed E-state index contributed by atoms with van der Waals surface area (Å²) in [6.45, 7) is 9.33. The number of thioether (sulfide) groups is 1. The molecule has 1 saturated carbocycles. The number of amides is 1. The Morgan fingerprint density at radius 1 is 1.20 bits per heavy atom. The number of benzene rings is 1. The SMILES string of the molecule is COc1ccc(-c2nnc(S[C@H](C)C(=O)N[C@@H]3CCCC[C@@H]3C)n2CC(C)C)cc1. The van der Waals surface area contributed by atoms with Crippen LogP contribution in [0.4, 0.5) is 0 Å². The quantitative estimate of drug-likeness (QED) is 0.610. The van der Waals surface area contributed by atoms with Crippen LogP contribution in [0.15, 0.2) is 29.4 Å². The molecule has 1 aliphatic rings. The summed E-state index contributed by atoms with van der Waals surface area (Å²) in [6.07, 6.45) is 4.74. The molecule has 1 aromatic carbocycles. The van der Waals surface area contributed by atoms with Gasteiger partial charge < -0.3 is 14.6 Å². The summed E-state index contributed by atoms with van der Waals surface area (Å²) < 4.78 is 7.39. The number of carbonyl (C=O) groups excluding carboxylic acids is 1. The van der Waals surface area contributed by atoms with Crippen molar-refractivity contribution in [3.63, 3.8) is 0 Å². The molecule has 6 nitrogen and oxygen atoms in total. The Bertz CT molecular complexity index is 834. The van der Waals surface area contributed by atoms with E-state index >= 15 is 0 Å². The molecule has 0 radical (unpaired) electrons. The third kappa shape index (κ3) is 5.56. The predicted molar refractivity (Wildman–Crippen MR) is 122 cm³/mol. The lowest BCUT2D eigenvalue weighted by Gasteiger charge is -2.30. The Balaban J connectivity index is 1.75. The highest BCUT2D eigenvalue weighted by atomic mass is 32.2. The van der Waals surface area contributed by atoms with Crippen molar-refractivity contribution < 1.29 is 9.53 Å². The summed E-state index contributed by atoms with van der Waals surface area (Å²) in [5, 5.41) is 12.7. The molecule has 1 amide bonds. The van der Waals surface area contributed by atoms with Crippen LogP contribution < -0.4 is 10.1 Å². The van der Waals surface area contributed by atoms with Crippen molar-refractivity contribution in [3.05, 3.63) is 24.3 Å². The van der Waals surface area contributed by atoms with Gasteiger partial charge in [0.2, 0.25) is 5.91 Å². The van der Waals surface area contributed by atoms with Gasteiger partial charge in [0.15, 0.2) is 11.0 Å². The molecule has 0 aliphatic heterocycles. The van der Waals surface area contributed by atoms with Gasteiger partial charge in [-0.05, 0) is 55.9 Å². The summed E-state index contributed by atoms with van der Waals surface area (Å²) in [5.74, 6) is 2.70. The van der Waals surface area contributed by atoms with Gasteiger partial charge in [0.25, 0.3) is 0 Å². The topological polar surface area (TPSA) is 69.0 Å². The fourth-order valence-electron chi connectivity index (χ4n) is 3.90. The van der Waals surface area contributed by atoms with E-state index in [1.165, 1.54) is 31.0 Å². The predicted octanol–water partition coefficient (Wildman–Crippen LogP) is 4.79. The second-order valence-corrected chi connectivity index (χ2v) is 9.98. The number of carbonyl (C=O) groups is 1. The third-order valence-corrected chi connectivity index (χ3v) is 6.78. The first-order chi connectivity index (χ1) is 14.4. The molecule has 0 spiro atoms. The van der Waals surface area contributed by atoms with Gasteiger partial charge in [0.1, 0.15) is 5.75 Å². The molecule has 2 aromatic rings. The van der Waals surface area contributed by atoms with Gasteiger partial charge in [-0.25, -0.2) is 0 Å². The molecule has 3 rings (SSSR count). The van der Waals surface area contributed by atoms with Crippen LogP contribution >= 0.6 is 11.8 Å². The minimum Gasteiger partial charge on any atom is -0.497 e. The van der Waals surface area contributed by atoms with Gasteiger partial charge in [-0.1, -0.05) is 45.4 Å². The Morgan fingerprint density at radius 3 is 2.53 bits per heavy atom. The standard InChI is InChI=1S/C23H34N4O2S/c1-15(2)14-27-21(18-10-12-19(29-5)13-11-18)25-26-23(27)30-17(4)22(28)24-20-9-7-6-8-16(20)3/h10-13,15-17,20H,6-9,14H2,1-5H3,(H,24,28)/t16-,17+,20+/m0/s1. The highest BCUT2D eigenvalue weighted by Gasteiger charge is 2.26. The highest BCUT2D eigenvalue weighted by molar-refractivity contribution is 8.00. The molecule has 3 atom stereocenters. The van der Waals surface area contributed by atoms with E-state index in [1.54, 1.807) is 7.11 Å². The van der Waals surface area contributed by atoms with Crippen LogP contribution in [0, 0.1) is 11.8 Å². The van der Waals surface area contributed by atoms with Crippen molar-refractivity contribution in [2.24, 2.45) is 11.8 Å².